The third kappa shape index (κ3) is 2.70. The maximum atomic E-state index is 13.7. The third-order valence-corrected chi connectivity index (χ3v) is 5.52. The van der Waals surface area contributed by atoms with Crippen molar-refractivity contribution in [2.45, 2.75) is 13.3 Å². The molecule has 0 radical (unpaired) electrons. The zero-order valence-corrected chi connectivity index (χ0v) is 16.7. The van der Waals surface area contributed by atoms with Gasteiger partial charge in [0.25, 0.3) is 0 Å². The zero-order chi connectivity index (χ0) is 20.8. The zero-order valence-electron chi connectivity index (χ0n) is 16.7. The fourth-order valence-electron chi connectivity index (χ4n) is 3.92. The van der Waals surface area contributed by atoms with Gasteiger partial charge in [-0.3, -0.25) is 4.79 Å². The summed E-state index contributed by atoms with van der Waals surface area (Å²) in [5.41, 5.74) is 3.84. The Hall–Kier alpha value is -3.86. The van der Waals surface area contributed by atoms with Gasteiger partial charge in [-0.2, -0.15) is 0 Å². The van der Waals surface area contributed by atoms with Crippen molar-refractivity contribution in [1.29, 1.82) is 0 Å². The largest absolute Gasteiger partial charge is 0.508 e. The lowest BCUT2D eigenvalue weighted by Crippen LogP contribution is -2.11. The lowest BCUT2D eigenvalue weighted by molar-refractivity contribution is 0.468. The number of aryl methyl sites for hydroxylation is 2. The molecule has 0 aliphatic carbocycles. The summed E-state index contributed by atoms with van der Waals surface area (Å²) in [5.74, 6) is 1.12. The number of para-hydroxylation sites is 2. The van der Waals surface area contributed by atoms with Crippen molar-refractivity contribution in [1.82, 2.24) is 9.55 Å². The van der Waals surface area contributed by atoms with Gasteiger partial charge in [0.2, 0.25) is 5.43 Å². The number of rotatable bonds is 3. The van der Waals surface area contributed by atoms with E-state index in [1.54, 1.807) is 6.07 Å². The number of hydrogen-bond acceptors (Lipinski definition) is 4. The van der Waals surface area contributed by atoms with Gasteiger partial charge in [0, 0.05) is 18.7 Å². The molecule has 1 N–H and O–H groups in total. The lowest BCUT2D eigenvalue weighted by Gasteiger charge is -2.12. The van der Waals surface area contributed by atoms with Crippen LogP contribution >= 0.6 is 0 Å². The van der Waals surface area contributed by atoms with E-state index in [0.29, 0.717) is 40.1 Å². The minimum absolute atomic E-state index is 0.127. The predicted octanol–water partition coefficient (Wildman–Crippen LogP) is 5.28. The van der Waals surface area contributed by atoms with Crippen LogP contribution in [-0.4, -0.2) is 14.7 Å². The number of phenols is 1. The quantitative estimate of drug-likeness (QED) is 0.450. The van der Waals surface area contributed by atoms with E-state index in [4.69, 9.17) is 9.40 Å². The van der Waals surface area contributed by atoms with Gasteiger partial charge in [-0.1, -0.05) is 49.4 Å². The van der Waals surface area contributed by atoms with E-state index in [2.05, 4.69) is 0 Å². The fourth-order valence-corrected chi connectivity index (χ4v) is 3.92. The summed E-state index contributed by atoms with van der Waals surface area (Å²) in [6.07, 6.45) is 0.614. The van der Waals surface area contributed by atoms with E-state index in [-0.39, 0.29) is 11.2 Å². The first kappa shape index (κ1) is 18.2. The summed E-state index contributed by atoms with van der Waals surface area (Å²) >= 11 is 0. The van der Waals surface area contributed by atoms with Gasteiger partial charge in [-0.05, 0) is 30.2 Å². The third-order valence-electron chi connectivity index (χ3n) is 5.52. The first-order valence-corrected chi connectivity index (χ1v) is 9.88. The van der Waals surface area contributed by atoms with Gasteiger partial charge in [0.05, 0.1) is 16.4 Å². The summed E-state index contributed by atoms with van der Waals surface area (Å²) in [5, 5.41) is 10.7. The number of imidazole rings is 1. The number of aromatic hydroxyl groups is 1. The van der Waals surface area contributed by atoms with E-state index in [0.717, 1.165) is 16.6 Å². The number of hydrogen-bond donors (Lipinski definition) is 1. The smallest absolute Gasteiger partial charge is 0.204 e. The van der Waals surface area contributed by atoms with Gasteiger partial charge < -0.3 is 14.1 Å². The van der Waals surface area contributed by atoms with Crippen molar-refractivity contribution in [3.63, 3.8) is 0 Å². The lowest BCUT2D eigenvalue weighted by atomic mass is 10.0. The molecule has 5 nitrogen and oxygen atoms in total. The van der Waals surface area contributed by atoms with Crippen LogP contribution in [0.1, 0.15) is 12.5 Å². The topological polar surface area (TPSA) is 68.3 Å². The minimum atomic E-state index is -0.164. The Morgan fingerprint density at radius 3 is 2.50 bits per heavy atom. The Morgan fingerprint density at radius 2 is 1.77 bits per heavy atom. The number of aromatic nitrogens is 2. The highest BCUT2D eigenvalue weighted by atomic mass is 16.3. The summed E-state index contributed by atoms with van der Waals surface area (Å²) in [6, 6.07) is 20.5. The van der Waals surface area contributed by atoms with Crippen molar-refractivity contribution in [3.8, 4) is 28.5 Å². The summed E-state index contributed by atoms with van der Waals surface area (Å²) in [7, 11) is 1.90. The number of benzene rings is 3. The molecule has 5 rings (SSSR count). The molecule has 2 heterocycles. The highest BCUT2D eigenvalue weighted by Gasteiger charge is 2.23. The van der Waals surface area contributed by atoms with E-state index in [1.165, 1.54) is 6.07 Å². The second kappa shape index (κ2) is 6.88. The summed E-state index contributed by atoms with van der Waals surface area (Å²) < 4.78 is 8.15. The van der Waals surface area contributed by atoms with Crippen molar-refractivity contribution in [2.75, 3.05) is 0 Å². The van der Waals surface area contributed by atoms with Gasteiger partial charge in [0.1, 0.15) is 28.5 Å². The molecule has 0 aliphatic rings. The molecule has 0 atom stereocenters. The molecule has 0 unspecified atom stereocenters. The molecule has 0 fully saturated rings. The predicted molar refractivity (Wildman–Crippen MR) is 119 cm³/mol. The molecule has 0 saturated heterocycles. The van der Waals surface area contributed by atoms with Crippen LogP contribution in [0.4, 0.5) is 0 Å². The van der Waals surface area contributed by atoms with Crippen LogP contribution in [0, 0.1) is 0 Å². The van der Waals surface area contributed by atoms with Crippen molar-refractivity contribution in [2.24, 2.45) is 7.05 Å². The molecule has 5 aromatic rings. The second-order valence-electron chi connectivity index (χ2n) is 7.32. The molecule has 148 valence electrons. The fraction of sp³-hybridized carbons (Fsp3) is 0.120. The van der Waals surface area contributed by atoms with E-state index in [1.807, 2.05) is 73.1 Å². The van der Waals surface area contributed by atoms with E-state index >= 15 is 0 Å². The molecule has 0 spiro atoms. The molecule has 0 amide bonds. The van der Waals surface area contributed by atoms with Crippen molar-refractivity contribution >= 4 is 22.0 Å². The van der Waals surface area contributed by atoms with Gasteiger partial charge in [0.15, 0.2) is 0 Å². The maximum Gasteiger partial charge on any atom is 0.204 e. The highest BCUT2D eigenvalue weighted by molar-refractivity contribution is 5.91. The summed E-state index contributed by atoms with van der Waals surface area (Å²) in [4.78, 5) is 18.5. The molecule has 30 heavy (non-hydrogen) atoms. The molecule has 0 saturated carbocycles. The Bertz CT molecular complexity index is 1460. The Balaban J connectivity index is 1.93. The highest BCUT2D eigenvalue weighted by Crippen LogP contribution is 2.35. The van der Waals surface area contributed by atoms with E-state index < -0.39 is 0 Å². The maximum absolute atomic E-state index is 13.7. The standard InChI is InChI=1S/C25H20N2O3/c1-3-15-13-17-21(14-20(15)28)30-24(16-9-5-4-6-10-16)22(23(17)29)25-26-18-11-7-8-12-19(18)27(25)2/h4-14,28H,3H2,1-2H3. The first-order chi connectivity index (χ1) is 14.6. The summed E-state index contributed by atoms with van der Waals surface area (Å²) in [6.45, 7) is 1.94. The molecule has 3 aromatic carbocycles. The van der Waals surface area contributed by atoms with Crippen molar-refractivity contribution < 1.29 is 9.52 Å². The van der Waals surface area contributed by atoms with Crippen LogP contribution in [0.25, 0.3) is 44.7 Å². The Labute approximate surface area is 172 Å². The van der Waals surface area contributed by atoms with E-state index in [9.17, 15) is 9.90 Å². The van der Waals surface area contributed by atoms with Crippen LogP contribution in [-0.2, 0) is 13.5 Å². The number of nitrogens with zero attached hydrogens (tertiary/aromatic N) is 2. The SMILES string of the molecule is CCc1cc2c(=O)c(-c3nc4ccccc4n3C)c(-c3ccccc3)oc2cc1O. The van der Waals surface area contributed by atoms with Crippen LogP contribution in [0.15, 0.2) is 75.9 Å². The molecule has 0 bridgehead atoms. The van der Waals surface area contributed by atoms with Crippen LogP contribution in [0.3, 0.4) is 0 Å². The second-order valence-corrected chi connectivity index (χ2v) is 7.32. The Morgan fingerprint density at radius 1 is 1.03 bits per heavy atom. The Kier molecular flexibility index (Phi) is 4.17. The molecule has 0 aliphatic heterocycles. The van der Waals surface area contributed by atoms with Crippen LogP contribution in [0.2, 0.25) is 0 Å². The van der Waals surface area contributed by atoms with Crippen molar-refractivity contribution in [3.05, 3.63) is 82.5 Å². The molecule has 2 aromatic heterocycles. The molecular weight excluding hydrogens is 376 g/mol. The van der Waals surface area contributed by atoms with Gasteiger partial charge in [-0.25, -0.2) is 4.98 Å². The van der Waals surface area contributed by atoms with Crippen LogP contribution in [0.5, 0.6) is 5.75 Å². The van der Waals surface area contributed by atoms with Crippen LogP contribution < -0.4 is 5.43 Å². The van der Waals surface area contributed by atoms with Gasteiger partial charge in [-0.15, -0.1) is 0 Å². The number of phenolic OH excluding ortho intramolecular Hbond substituents is 1. The average Bonchev–Trinajstić information content (AvgIpc) is 3.10. The van der Waals surface area contributed by atoms with Gasteiger partial charge >= 0.3 is 0 Å². The molecular formula is C25H20N2O3. The first-order valence-electron chi connectivity index (χ1n) is 9.88. The average molecular weight is 396 g/mol. The monoisotopic (exact) mass is 396 g/mol. The normalized spacial score (nSPS) is 11.4. The molecule has 5 heteroatoms. The minimum Gasteiger partial charge on any atom is -0.508 e. The number of fused-ring (bicyclic) bond motifs is 2.